The van der Waals surface area contributed by atoms with Crippen LogP contribution in [0.15, 0.2) is 54.6 Å². The van der Waals surface area contributed by atoms with Crippen molar-refractivity contribution < 1.29 is 28.5 Å². The highest BCUT2D eigenvalue weighted by molar-refractivity contribution is 5.95. The molecule has 0 fully saturated rings. The summed E-state index contributed by atoms with van der Waals surface area (Å²) in [6.07, 6.45) is 0.700. The molecule has 0 aromatic heterocycles. The van der Waals surface area contributed by atoms with Crippen LogP contribution >= 0.6 is 0 Å². The van der Waals surface area contributed by atoms with Gasteiger partial charge in [0, 0.05) is 12.1 Å². The molecule has 7 heteroatoms. The maximum atomic E-state index is 13.7. The van der Waals surface area contributed by atoms with Crippen LogP contribution in [0.4, 0.5) is 0 Å². The molecule has 0 spiro atoms. The molecule has 2 aliphatic heterocycles. The number of carbonyl (C=O) groups excluding carboxylic acids is 1. The van der Waals surface area contributed by atoms with E-state index in [4.69, 9.17) is 23.7 Å². The minimum absolute atomic E-state index is 0.0857. The lowest BCUT2D eigenvalue weighted by Gasteiger charge is -2.37. The first kappa shape index (κ1) is 23.9. The standard InChI is InChI=1S/C29H31NO6/c1-18(2)19-5-8-22(9-6-19)34-16-24-23-15-27(33-4)26(32-3)13-20(23)11-12-30(24)29(31)21-7-10-25-28(14-21)36-17-35-25/h5-10,13-15,18,24H,11-12,16-17H2,1-4H3/t24-/m1/s1. The largest absolute Gasteiger partial charge is 0.493 e. The number of ether oxygens (including phenoxy) is 5. The summed E-state index contributed by atoms with van der Waals surface area (Å²) in [5.74, 6) is 3.66. The molecule has 3 aromatic carbocycles. The highest BCUT2D eigenvalue weighted by atomic mass is 16.7. The first-order valence-electron chi connectivity index (χ1n) is 12.2. The molecule has 0 N–H and O–H groups in total. The number of methoxy groups -OCH3 is 2. The molecule has 0 aliphatic carbocycles. The maximum Gasteiger partial charge on any atom is 0.254 e. The summed E-state index contributed by atoms with van der Waals surface area (Å²) in [6.45, 7) is 5.35. The highest BCUT2D eigenvalue weighted by Gasteiger charge is 2.34. The molecular weight excluding hydrogens is 458 g/mol. The summed E-state index contributed by atoms with van der Waals surface area (Å²) >= 11 is 0. The molecule has 0 unspecified atom stereocenters. The van der Waals surface area contributed by atoms with Crippen molar-refractivity contribution in [1.82, 2.24) is 4.90 Å². The zero-order chi connectivity index (χ0) is 25.2. The summed E-state index contributed by atoms with van der Waals surface area (Å²) in [4.78, 5) is 15.6. The van der Waals surface area contributed by atoms with Crippen molar-refractivity contribution in [3.8, 4) is 28.7 Å². The van der Waals surface area contributed by atoms with Gasteiger partial charge in [0.25, 0.3) is 5.91 Å². The lowest BCUT2D eigenvalue weighted by Crippen LogP contribution is -2.42. The monoisotopic (exact) mass is 489 g/mol. The number of benzene rings is 3. The van der Waals surface area contributed by atoms with Gasteiger partial charge in [0.1, 0.15) is 12.4 Å². The molecule has 7 nitrogen and oxygen atoms in total. The minimum atomic E-state index is -0.309. The fourth-order valence-corrected chi connectivity index (χ4v) is 4.77. The lowest BCUT2D eigenvalue weighted by molar-refractivity contribution is 0.0589. The van der Waals surface area contributed by atoms with E-state index in [1.165, 1.54) is 5.56 Å². The smallest absolute Gasteiger partial charge is 0.254 e. The van der Waals surface area contributed by atoms with Crippen LogP contribution < -0.4 is 23.7 Å². The van der Waals surface area contributed by atoms with E-state index in [0.29, 0.717) is 54.1 Å². The third-order valence-corrected chi connectivity index (χ3v) is 6.84. The minimum Gasteiger partial charge on any atom is -0.493 e. The molecule has 1 atom stereocenters. The van der Waals surface area contributed by atoms with Gasteiger partial charge in [0.2, 0.25) is 6.79 Å². The first-order valence-corrected chi connectivity index (χ1v) is 12.2. The number of fused-ring (bicyclic) bond motifs is 2. The molecule has 2 heterocycles. The number of rotatable bonds is 7. The van der Waals surface area contributed by atoms with Gasteiger partial charge in [-0.25, -0.2) is 0 Å². The highest BCUT2D eigenvalue weighted by Crippen LogP contribution is 2.40. The van der Waals surface area contributed by atoms with Crippen molar-refractivity contribution in [2.24, 2.45) is 0 Å². The third-order valence-electron chi connectivity index (χ3n) is 6.84. The van der Waals surface area contributed by atoms with Crippen molar-refractivity contribution >= 4 is 5.91 Å². The van der Waals surface area contributed by atoms with Crippen molar-refractivity contribution in [2.45, 2.75) is 32.2 Å². The van der Waals surface area contributed by atoms with Gasteiger partial charge in [-0.1, -0.05) is 26.0 Å². The Bertz CT molecular complexity index is 1250. The molecule has 0 radical (unpaired) electrons. The number of carbonyl (C=O) groups is 1. The fraction of sp³-hybridized carbons (Fsp3) is 0.345. The van der Waals surface area contributed by atoms with E-state index < -0.39 is 0 Å². The number of nitrogens with zero attached hydrogens (tertiary/aromatic N) is 1. The second-order valence-electron chi connectivity index (χ2n) is 9.27. The molecule has 5 rings (SSSR count). The van der Waals surface area contributed by atoms with E-state index >= 15 is 0 Å². The normalized spacial score (nSPS) is 16.0. The number of hydrogen-bond donors (Lipinski definition) is 0. The third kappa shape index (κ3) is 4.53. The first-order chi connectivity index (χ1) is 17.5. The van der Waals surface area contributed by atoms with Crippen LogP contribution in [0, 0.1) is 0 Å². The van der Waals surface area contributed by atoms with Crippen LogP contribution in [-0.2, 0) is 6.42 Å². The molecule has 0 bridgehead atoms. The maximum absolute atomic E-state index is 13.7. The second-order valence-corrected chi connectivity index (χ2v) is 9.27. The predicted molar refractivity (Wildman–Crippen MR) is 136 cm³/mol. The van der Waals surface area contributed by atoms with Crippen LogP contribution in [-0.4, -0.2) is 45.0 Å². The van der Waals surface area contributed by atoms with Gasteiger partial charge < -0.3 is 28.6 Å². The molecule has 0 saturated heterocycles. The molecule has 2 aliphatic rings. The average Bonchev–Trinajstić information content (AvgIpc) is 3.38. The summed E-state index contributed by atoms with van der Waals surface area (Å²) in [7, 11) is 3.24. The summed E-state index contributed by atoms with van der Waals surface area (Å²) < 4.78 is 28.3. The molecule has 1 amide bonds. The van der Waals surface area contributed by atoms with Crippen molar-refractivity contribution in [3.05, 3.63) is 76.9 Å². The van der Waals surface area contributed by atoms with Gasteiger partial charge in [-0.2, -0.15) is 0 Å². The van der Waals surface area contributed by atoms with Crippen molar-refractivity contribution in [2.75, 3.05) is 34.2 Å². The quantitative estimate of drug-likeness (QED) is 0.444. The van der Waals surface area contributed by atoms with E-state index in [-0.39, 0.29) is 18.7 Å². The van der Waals surface area contributed by atoms with Crippen LogP contribution in [0.25, 0.3) is 0 Å². The SMILES string of the molecule is COc1cc2c(cc1OC)[C@@H](COc1ccc(C(C)C)cc1)N(C(=O)c1ccc3c(c1)OCO3)CC2. The van der Waals surface area contributed by atoms with E-state index in [1.807, 2.05) is 29.2 Å². The van der Waals surface area contributed by atoms with Gasteiger partial charge in [0.05, 0.1) is 20.3 Å². The van der Waals surface area contributed by atoms with Crippen LogP contribution in [0.2, 0.25) is 0 Å². The lowest BCUT2D eigenvalue weighted by atomic mass is 9.91. The molecule has 3 aromatic rings. The Kier molecular flexibility index (Phi) is 6.63. The van der Waals surface area contributed by atoms with Crippen LogP contribution in [0.3, 0.4) is 0 Å². The molecular formula is C29H31NO6. The van der Waals surface area contributed by atoms with E-state index in [0.717, 1.165) is 16.9 Å². The Morgan fingerprint density at radius 2 is 1.69 bits per heavy atom. The van der Waals surface area contributed by atoms with Gasteiger partial charge in [0.15, 0.2) is 23.0 Å². The average molecular weight is 490 g/mol. The number of amides is 1. The van der Waals surface area contributed by atoms with E-state index in [2.05, 4.69) is 26.0 Å². The Labute approximate surface area is 211 Å². The predicted octanol–water partition coefficient (Wildman–Crippen LogP) is 5.37. The second kappa shape index (κ2) is 10.0. The fourth-order valence-electron chi connectivity index (χ4n) is 4.77. The van der Waals surface area contributed by atoms with Gasteiger partial charge in [-0.3, -0.25) is 4.79 Å². The summed E-state index contributed by atoms with van der Waals surface area (Å²) in [5, 5.41) is 0. The van der Waals surface area contributed by atoms with Crippen LogP contribution in [0.5, 0.6) is 28.7 Å². The molecule has 36 heavy (non-hydrogen) atoms. The topological polar surface area (TPSA) is 66.5 Å². The van der Waals surface area contributed by atoms with Crippen molar-refractivity contribution in [3.63, 3.8) is 0 Å². The van der Waals surface area contributed by atoms with E-state index in [1.54, 1.807) is 32.4 Å². The summed E-state index contributed by atoms with van der Waals surface area (Å²) in [6, 6.07) is 17.1. The van der Waals surface area contributed by atoms with Gasteiger partial charge in [-0.05, 0) is 71.5 Å². The Balaban J connectivity index is 1.47. The Hall–Kier alpha value is -3.87. The number of hydrogen-bond acceptors (Lipinski definition) is 6. The van der Waals surface area contributed by atoms with E-state index in [9.17, 15) is 4.79 Å². The van der Waals surface area contributed by atoms with Crippen molar-refractivity contribution in [1.29, 1.82) is 0 Å². The molecule has 188 valence electrons. The Morgan fingerprint density at radius 1 is 0.972 bits per heavy atom. The molecule has 0 saturated carbocycles. The van der Waals surface area contributed by atoms with Gasteiger partial charge >= 0.3 is 0 Å². The Morgan fingerprint density at radius 3 is 2.42 bits per heavy atom. The zero-order valence-electron chi connectivity index (χ0n) is 21.1. The van der Waals surface area contributed by atoms with Gasteiger partial charge in [-0.15, -0.1) is 0 Å². The zero-order valence-corrected chi connectivity index (χ0v) is 21.1. The van der Waals surface area contributed by atoms with Crippen LogP contribution in [0.1, 0.15) is 52.9 Å². The summed E-state index contributed by atoms with van der Waals surface area (Å²) in [5.41, 5.74) is 3.91.